The molecule has 0 aromatic carbocycles. The third kappa shape index (κ3) is 2.56. The average molecular weight is 357 g/mol. The first-order valence-electron chi connectivity index (χ1n) is 8.49. The number of carbonyl (C=O) groups excluding carboxylic acids is 1. The van der Waals surface area contributed by atoms with E-state index in [0.717, 1.165) is 5.69 Å². The zero-order valence-electron chi connectivity index (χ0n) is 14.3. The molecule has 0 bridgehead atoms. The van der Waals surface area contributed by atoms with Crippen molar-refractivity contribution >= 4 is 12.0 Å². The van der Waals surface area contributed by atoms with Gasteiger partial charge in [0, 0.05) is 32.4 Å². The fraction of sp³-hybridized carbons (Fsp3) is 0.412. The van der Waals surface area contributed by atoms with Crippen molar-refractivity contribution in [3.8, 4) is 5.69 Å². The van der Waals surface area contributed by atoms with E-state index < -0.39 is 6.09 Å². The van der Waals surface area contributed by atoms with E-state index in [2.05, 4.69) is 4.98 Å². The van der Waals surface area contributed by atoms with Gasteiger partial charge in [0.15, 0.2) is 0 Å². The van der Waals surface area contributed by atoms with Crippen LogP contribution in [0, 0.1) is 6.92 Å². The molecule has 4 rings (SSSR count). The van der Waals surface area contributed by atoms with E-state index >= 15 is 0 Å². The molecule has 9 heteroatoms. The topological polar surface area (TPSA) is 101 Å². The number of pyridine rings is 1. The number of carbonyl (C=O) groups is 2. The van der Waals surface area contributed by atoms with Crippen molar-refractivity contribution in [1.29, 1.82) is 0 Å². The van der Waals surface area contributed by atoms with Crippen LogP contribution >= 0.6 is 0 Å². The number of hydrogen-bond acceptors (Lipinski definition) is 4. The molecule has 2 aromatic heterocycles. The maximum atomic E-state index is 12.9. The average Bonchev–Trinajstić information content (AvgIpc) is 3.25. The summed E-state index contributed by atoms with van der Waals surface area (Å²) >= 11 is 0. The molecule has 1 atom stereocenters. The highest BCUT2D eigenvalue weighted by Crippen LogP contribution is 2.21. The van der Waals surface area contributed by atoms with E-state index in [-0.39, 0.29) is 17.5 Å². The Morgan fingerprint density at radius 1 is 1.23 bits per heavy atom. The second kappa shape index (κ2) is 6.01. The summed E-state index contributed by atoms with van der Waals surface area (Å²) in [5.41, 5.74) is 1.37. The highest BCUT2D eigenvalue weighted by atomic mass is 16.4. The number of rotatable bonds is 2. The maximum absolute atomic E-state index is 12.9. The summed E-state index contributed by atoms with van der Waals surface area (Å²) in [7, 11) is 0. The van der Waals surface area contributed by atoms with Crippen molar-refractivity contribution in [2.45, 2.75) is 25.9 Å². The summed E-state index contributed by atoms with van der Waals surface area (Å²) in [6.45, 7) is 3.38. The van der Waals surface area contributed by atoms with Gasteiger partial charge < -0.3 is 24.0 Å². The number of carboxylic acid groups (broad SMARTS) is 1. The van der Waals surface area contributed by atoms with Crippen LogP contribution in [-0.2, 0) is 6.54 Å². The molecule has 0 spiro atoms. The van der Waals surface area contributed by atoms with E-state index in [1.807, 2.05) is 6.92 Å². The van der Waals surface area contributed by atoms with Gasteiger partial charge in [-0.1, -0.05) is 0 Å². The monoisotopic (exact) mass is 357 g/mol. The molecule has 0 aliphatic carbocycles. The van der Waals surface area contributed by atoms with Gasteiger partial charge in [0.25, 0.3) is 11.5 Å². The minimum Gasteiger partial charge on any atom is -0.465 e. The Balaban J connectivity index is 1.63. The van der Waals surface area contributed by atoms with Gasteiger partial charge in [-0.25, -0.2) is 9.78 Å². The van der Waals surface area contributed by atoms with Crippen molar-refractivity contribution in [2.75, 3.05) is 19.6 Å². The summed E-state index contributed by atoms with van der Waals surface area (Å²) in [5.74, 6) is -0.223. The molecule has 9 nitrogen and oxygen atoms in total. The third-order valence-electron chi connectivity index (χ3n) is 5.06. The van der Waals surface area contributed by atoms with Crippen molar-refractivity contribution in [2.24, 2.45) is 0 Å². The number of imidazole rings is 1. The summed E-state index contributed by atoms with van der Waals surface area (Å²) < 4.78 is 3.15. The van der Waals surface area contributed by atoms with Crippen LogP contribution in [0.2, 0.25) is 0 Å². The lowest BCUT2D eigenvalue weighted by atomic mass is 10.1. The Bertz CT molecular complexity index is 947. The molecule has 2 aromatic rings. The molecule has 1 fully saturated rings. The Morgan fingerprint density at radius 3 is 2.69 bits per heavy atom. The van der Waals surface area contributed by atoms with Crippen LogP contribution in [-0.4, -0.2) is 66.7 Å². The molecular weight excluding hydrogens is 338 g/mol. The molecule has 0 radical (unpaired) electrons. The van der Waals surface area contributed by atoms with E-state index in [1.54, 1.807) is 34.1 Å². The van der Waals surface area contributed by atoms with E-state index in [4.69, 9.17) is 5.11 Å². The highest BCUT2D eigenvalue weighted by molar-refractivity contribution is 5.93. The lowest BCUT2D eigenvalue weighted by molar-refractivity contribution is 0.0616. The minimum atomic E-state index is -0.964. The van der Waals surface area contributed by atoms with E-state index in [1.165, 1.54) is 9.47 Å². The minimum absolute atomic E-state index is 0.140. The maximum Gasteiger partial charge on any atom is 0.407 e. The van der Waals surface area contributed by atoms with Crippen molar-refractivity contribution < 1.29 is 14.7 Å². The number of nitrogens with zero attached hydrogens (tertiary/aromatic N) is 5. The standard InChI is InChI=1S/C17H19N5O4/c1-11-8-20(10-18-11)13-2-3-14-16(24)21(6-7-22(14)15(13)23)12-4-5-19(9-12)17(25)26/h2-3,8,10,12H,4-7,9H2,1H3,(H,25,26). The molecule has 1 saturated heterocycles. The number of aryl methyl sites for hydroxylation is 1. The van der Waals surface area contributed by atoms with Gasteiger partial charge >= 0.3 is 6.09 Å². The first-order valence-corrected chi connectivity index (χ1v) is 8.49. The number of aromatic nitrogens is 3. The van der Waals surface area contributed by atoms with Crippen LogP contribution in [0.25, 0.3) is 5.69 Å². The van der Waals surface area contributed by atoms with Gasteiger partial charge in [0.1, 0.15) is 11.4 Å². The predicted octanol–water partition coefficient (Wildman–Crippen LogP) is 0.551. The van der Waals surface area contributed by atoms with Crippen LogP contribution in [0.15, 0.2) is 29.5 Å². The van der Waals surface area contributed by atoms with Crippen LogP contribution in [0.4, 0.5) is 4.79 Å². The lowest BCUT2D eigenvalue weighted by Crippen LogP contribution is -2.50. The number of fused-ring (bicyclic) bond motifs is 1. The fourth-order valence-corrected chi connectivity index (χ4v) is 3.70. The second-order valence-electron chi connectivity index (χ2n) is 6.65. The van der Waals surface area contributed by atoms with Crippen LogP contribution < -0.4 is 5.56 Å². The molecule has 136 valence electrons. The van der Waals surface area contributed by atoms with Crippen molar-refractivity contribution in [3.63, 3.8) is 0 Å². The lowest BCUT2D eigenvalue weighted by Gasteiger charge is -2.34. The highest BCUT2D eigenvalue weighted by Gasteiger charge is 2.36. The Kier molecular flexibility index (Phi) is 3.78. The smallest absolute Gasteiger partial charge is 0.407 e. The zero-order valence-corrected chi connectivity index (χ0v) is 14.3. The normalized spacial score (nSPS) is 19.7. The number of hydrogen-bond donors (Lipinski definition) is 1. The Labute approximate surface area is 149 Å². The Morgan fingerprint density at radius 2 is 2.04 bits per heavy atom. The molecule has 1 unspecified atom stereocenters. The molecule has 2 amide bonds. The van der Waals surface area contributed by atoms with Crippen LogP contribution in [0.3, 0.4) is 0 Å². The van der Waals surface area contributed by atoms with Crippen LogP contribution in [0.1, 0.15) is 22.6 Å². The van der Waals surface area contributed by atoms with Gasteiger partial charge in [0.05, 0.1) is 18.1 Å². The van der Waals surface area contributed by atoms with Crippen LogP contribution in [0.5, 0.6) is 0 Å². The SMILES string of the molecule is Cc1cn(-c2ccc3n(c2=O)CCN(C2CCN(C(=O)O)C2)C3=O)cn1. The molecule has 2 aliphatic heterocycles. The third-order valence-corrected chi connectivity index (χ3v) is 5.06. The summed E-state index contributed by atoms with van der Waals surface area (Å²) in [4.78, 5) is 43.9. The Hall–Kier alpha value is -3.10. The van der Waals surface area contributed by atoms with Gasteiger partial charge in [-0.3, -0.25) is 9.59 Å². The van der Waals surface area contributed by atoms with Crippen molar-refractivity contribution in [3.05, 3.63) is 46.4 Å². The quantitative estimate of drug-likeness (QED) is 0.846. The molecule has 0 saturated carbocycles. The number of amides is 2. The van der Waals surface area contributed by atoms with Gasteiger partial charge in [-0.15, -0.1) is 0 Å². The second-order valence-corrected chi connectivity index (χ2v) is 6.65. The van der Waals surface area contributed by atoms with Gasteiger partial charge in [-0.2, -0.15) is 0 Å². The summed E-state index contributed by atoms with van der Waals surface area (Å²) in [6.07, 6.45) is 3.00. The van der Waals surface area contributed by atoms with E-state index in [0.29, 0.717) is 44.0 Å². The fourth-order valence-electron chi connectivity index (χ4n) is 3.70. The number of likely N-dealkylation sites (tertiary alicyclic amines) is 1. The first-order chi connectivity index (χ1) is 12.5. The predicted molar refractivity (Wildman–Crippen MR) is 91.6 cm³/mol. The largest absolute Gasteiger partial charge is 0.465 e. The molecule has 26 heavy (non-hydrogen) atoms. The first kappa shape index (κ1) is 16.4. The van der Waals surface area contributed by atoms with Gasteiger partial charge in [0.2, 0.25) is 0 Å². The van der Waals surface area contributed by atoms with Gasteiger partial charge in [-0.05, 0) is 25.5 Å². The zero-order chi connectivity index (χ0) is 18.4. The van der Waals surface area contributed by atoms with E-state index in [9.17, 15) is 14.4 Å². The molecular formula is C17H19N5O4. The summed E-state index contributed by atoms with van der Waals surface area (Å²) in [5, 5.41) is 9.10. The summed E-state index contributed by atoms with van der Waals surface area (Å²) in [6, 6.07) is 3.15. The molecule has 2 aliphatic rings. The van der Waals surface area contributed by atoms with Crippen molar-refractivity contribution in [1.82, 2.24) is 23.9 Å². The molecule has 4 heterocycles. The molecule has 1 N–H and O–H groups in total.